The van der Waals surface area contributed by atoms with Crippen LogP contribution in [0, 0.1) is 17.7 Å². The van der Waals surface area contributed by atoms with Gasteiger partial charge in [0.15, 0.2) is 6.29 Å². The minimum Gasteiger partial charge on any atom is -0.396 e. The van der Waals surface area contributed by atoms with Gasteiger partial charge < -0.3 is 19.9 Å². The normalized spacial score (nSPS) is 27.4. The van der Waals surface area contributed by atoms with Crippen LogP contribution >= 0.6 is 0 Å². The van der Waals surface area contributed by atoms with Gasteiger partial charge >= 0.3 is 12.4 Å². The van der Waals surface area contributed by atoms with E-state index in [2.05, 4.69) is 5.32 Å². The topological polar surface area (TPSA) is 50.7 Å². The van der Waals surface area contributed by atoms with Crippen molar-refractivity contribution in [1.29, 1.82) is 0 Å². The fourth-order valence-corrected chi connectivity index (χ4v) is 5.77. The quantitative estimate of drug-likeness (QED) is 0.363. The van der Waals surface area contributed by atoms with E-state index in [0.717, 1.165) is 19.4 Å². The molecule has 0 radical (unpaired) electrons. The summed E-state index contributed by atoms with van der Waals surface area (Å²) in [6.45, 7) is 2.49. The molecule has 0 spiro atoms. The monoisotopic (exact) mass is 563 g/mol. The van der Waals surface area contributed by atoms with E-state index in [1.807, 2.05) is 0 Å². The lowest BCUT2D eigenvalue weighted by Crippen LogP contribution is -2.50. The van der Waals surface area contributed by atoms with Gasteiger partial charge in [-0.05, 0) is 92.4 Å². The maximum atomic E-state index is 13.8. The summed E-state index contributed by atoms with van der Waals surface area (Å²) >= 11 is 0. The summed E-state index contributed by atoms with van der Waals surface area (Å²) in [6.07, 6.45) is -9.12. The molecule has 6 unspecified atom stereocenters. The van der Waals surface area contributed by atoms with E-state index in [-0.39, 0.29) is 36.8 Å². The molecule has 0 aliphatic carbocycles. The number of piperidine rings is 1. The van der Waals surface area contributed by atoms with E-state index in [4.69, 9.17) is 9.47 Å². The Morgan fingerprint density at radius 1 is 1.00 bits per heavy atom. The zero-order valence-electron chi connectivity index (χ0n) is 21.4. The predicted octanol–water partition coefficient (Wildman–Crippen LogP) is 6.84. The van der Waals surface area contributed by atoms with E-state index >= 15 is 0 Å². The first-order chi connectivity index (χ1) is 18.4. The smallest absolute Gasteiger partial charge is 0.396 e. The van der Waals surface area contributed by atoms with Gasteiger partial charge in [-0.15, -0.1) is 0 Å². The highest BCUT2D eigenvalue weighted by Gasteiger charge is 2.43. The van der Waals surface area contributed by atoms with Crippen molar-refractivity contribution in [2.45, 2.75) is 69.3 Å². The van der Waals surface area contributed by atoms with E-state index < -0.39 is 47.6 Å². The molecule has 4 rings (SSSR count). The zero-order chi connectivity index (χ0) is 28.4. The number of hydrogen-bond donors (Lipinski definition) is 2. The van der Waals surface area contributed by atoms with Gasteiger partial charge in [0.05, 0.1) is 23.8 Å². The maximum Gasteiger partial charge on any atom is 0.416 e. The summed E-state index contributed by atoms with van der Waals surface area (Å²) < 4.78 is 106. The highest BCUT2D eigenvalue weighted by atomic mass is 19.4. The molecule has 39 heavy (non-hydrogen) atoms. The second-order valence-electron chi connectivity index (χ2n) is 10.3. The van der Waals surface area contributed by atoms with Gasteiger partial charge in [-0.2, -0.15) is 26.3 Å². The summed E-state index contributed by atoms with van der Waals surface area (Å²) in [7, 11) is 0. The minimum absolute atomic E-state index is 0.0149. The molecule has 2 fully saturated rings. The molecule has 11 heteroatoms. The third-order valence-corrected chi connectivity index (χ3v) is 7.76. The summed E-state index contributed by atoms with van der Waals surface area (Å²) in [5, 5.41) is 12.9. The molecule has 2 saturated heterocycles. The molecule has 2 aliphatic heterocycles. The van der Waals surface area contributed by atoms with Gasteiger partial charge in [0.25, 0.3) is 0 Å². The lowest BCUT2D eigenvalue weighted by atomic mass is 9.73. The fraction of sp³-hybridized carbons (Fsp3) is 0.571. The second kappa shape index (κ2) is 12.1. The maximum absolute atomic E-state index is 13.8. The highest BCUT2D eigenvalue weighted by molar-refractivity contribution is 5.35. The third-order valence-electron chi connectivity index (χ3n) is 7.76. The predicted molar refractivity (Wildman–Crippen MR) is 129 cm³/mol. The molecule has 2 aromatic carbocycles. The Balaban J connectivity index is 1.65. The number of rotatable bonds is 7. The van der Waals surface area contributed by atoms with Crippen LogP contribution in [0.4, 0.5) is 30.7 Å². The molecule has 0 saturated carbocycles. The molecular formula is C28H32F7NO3. The van der Waals surface area contributed by atoms with Crippen LogP contribution in [0.15, 0.2) is 42.5 Å². The minimum atomic E-state index is -4.98. The van der Waals surface area contributed by atoms with Crippen LogP contribution in [-0.2, 0) is 21.8 Å². The van der Waals surface area contributed by atoms with Crippen LogP contribution < -0.4 is 5.32 Å². The van der Waals surface area contributed by atoms with Gasteiger partial charge in [0.1, 0.15) is 5.82 Å². The molecular weight excluding hydrogens is 531 g/mol. The van der Waals surface area contributed by atoms with Crippen molar-refractivity contribution >= 4 is 0 Å². The third kappa shape index (κ3) is 7.31. The molecule has 0 amide bonds. The van der Waals surface area contributed by atoms with Gasteiger partial charge in [-0.1, -0.05) is 12.1 Å². The van der Waals surface area contributed by atoms with Crippen molar-refractivity contribution in [3.05, 3.63) is 70.5 Å². The van der Waals surface area contributed by atoms with Crippen LogP contribution in [0.2, 0.25) is 0 Å². The van der Waals surface area contributed by atoms with Crippen molar-refractivity contribution in [3.8, 4) is 0 Å². The summed E-state index contributed by atoms with van der Waals surface area (Å²) in [5.41, 5.74) is -2.41. The lowest BCUT2D eigenvalue weighted by molar-refractivity contribution is -0.212. The SMILES string of the molecule is CC(OC1OCCC(C2CC(CCO)CCN2)C1c1ccc(F)cc1)c1cc(C(F)(F)F)cc(C(F)(F)F)c1. The molecule has 2 aromatic rings. The largest absolute Gasteiger partial charge is 0.416 e. The fourth-order valence-electron chi connectivity index (χ4n) is 5.77. The summed E-state index contributed by atoms with van der Waals surface area (Å²) in [6, 6.07) is 7.22. The van der Waals surface area contributed by atoms with Crippen molar-refractivity contribution in [3.63, 3.8) is 0 Å². The molecule has 6 atom stereocenters. The Hall–Kier alpha value is -2.21. The molecule has 2 N–H and O–H groups in total. The standard InChI is InChI=1S/C28H32F7NO3/c1-16(19-13-20(27(30,31)32)15-21(14-19)28(33,34)35)39-26-25(18-2-4-22(29)5-3-18)23(8-11-38-26)24-12-17(7-10-37)6-9-36-24/h2-5,13-17,23-26,36-37H,6-12H2,1H3. The van der Waals surface area contributed by atoms with E-state index in [1.54, 1.807) is 12.1 Å². The first-order valence-electron chi connectivity index (χ1n) is 13.0. The first kappa shape index (κ1) is 29.8. The van der Waals surface area contributed by atoms with Crippen molar-refractivity contribution in [2.75, 3.05) is 19.8 Å². The number of aliphatic hydroxyl groups is 1. The van der Waals surface area contributed by atoms with E-state index in [0.29, 0.717) is 36.5 Å². The number of benzene rings is 2. The second-order valence-corrected chi connectivity index (χ2v) is 10.3. The zero-order valence-corrected chi connectivity index (χ0v) is 21.4. The number of aliphatic hydroxyl groups excluding tert-OH is 1. The van der Waals surface area contributed by atoms with Crippen LogP contribution in [0.5, 0.6) is 0 Å². The Labute approximate surface area is 222 Å². The number of alkyl halides is 6. The Morgan fingerprint density at radius 2 is 1.64 bits per heavy atom. The number of nitrogens with one attached hydrogen (secondary N) is 1. The van der Waals surface area contributed by atoms with Crippen molar-refractivity contribution in [1.82, 2.24) is 5.32 Å². The van der Waals surface area contributed by atoms with Gasteiger partial charge in [0.2, 0.25) is 0 Å². The van der Waals surface area contributed by atoms with E-state index in [9.17, 15) is 35.8 Å². The summed E-state index contributed by atoms with van der Waals surface area (Å²) in [5.74, 6) is -0.655. The molecule has 0 bridgehead atoms. The van der Waals surface area contributed by atoms with E-state index in [1.165, 1.54) is 19.1 Å². The molecule has 4 nitrogen and oxygen atoms in total. The number of hydrogen-bond acceptors (Lipinski definition) is 4. The first-order valence-corrected chi connectivity index (χ1v) is 13.0. The molecule has 216 valence electrons. The number of ether oxygens (including phenoxy) is 2. The Kier molecular flexibility index (Phi) is 9.25. The van der Waals surface area contributed by atoms with Gasteiger partial charge in [-0.25, -0.2) is 4.39 Å². The average molecular weight is 564 g/mol. The molecule has 2 heterocycles. The van der Waals surface area contributed by atoms with Crippen molar-refractivity contribution in [2.24, 2.45) is 11.8 Å². The Bertz CT molecular complexity index is 1060. The van der Waals surface area contributed by atoms with Crippen LogP contribution in [0.3, 0.4) is 0 Å². The van der Waals surface area contributed by atoms with Gasteiger partial charge in [0, 0.05) is 18.6 Å². The Morgan fingerprint density at radius 3 is 2.23 bits per heavy atom. The van der Waals surface area contributed by atoms with Gasteiger partial charge in [-0.3, -0.25) is 0 Å². The average Bonchev–Trinajstić information content (AvgIpc) is 2.88. The van der Waals surface area contributed by atoms with Crippen LogP contribution in [0.1, 0.15) is 66.9 Å². The van der Waals surface area contributed by atoms with Crippen LogP contribution in [-0.4, -0.2) is 37.2 Å². The van der Waals surface area contributed by atoms with Crippen molar-refractivity contribution < 1.29 is 45.3 Å². The molecule has 2 aliphatic rings. The summed E-state index contributed by atoms with van der Waals surface area (Å²) in [4.78, 5) is 0. The lowest BCUT2D eigenvalue weighted by Gasteiger charge is -2.45. The number of halogens is 7. The highest BCUT2D eigenvalue weighted by Crippen LogP contribution is 2.44. The van der Waals surface area contributed by atoms with Crippen LogP contribution in [0.25, 0.3) is 0 Å². The molecule has 0 aromatic heterocycles.